The van der Waals surface area contributed by atoms with Gasteiger partial charge in [0, 0.05) is 17.5 Å². The Bertz CT molecular complexity index is 972. The van der Waals surface area contributed by atoms with E-state index in [-0.39, 0.29) is 29.7 Å². The van der Waals surface area contributed by atoms with E-state index in [1.807, 2.05) is 5.38 Å². The van der Waals surface area contributed by atoms with E-state index in [1.54, 1.807) is 43.5 Å². The highest BCUT2D eigenvalue weighted by Gasteiger charge is 2.11. The normalized spacial score (nSPS) is 10.6. The smallest absolute Gasteiger partial charge is 0.226 e. The largest absolute Gasteiger partial charge is 0.497 e. The lowest BCUT2D eigenvalue weighted by Gasteiger charge is -2.04. The Morgan fingerprint density at radius 3 is 2.55 bits per heavy atom. The number of carbonyl (C=O) groups excluding carboxylic acids is 2. The molecule has 1 heterocycles. The molecule has 150 valence electrons. The van der Waals surface area contributed by atoms with Gasteiger partial charge in [-0.25, -0.2) is 9.37 Å². The van der Waals surface area contributed by atoms with Crippen LogP contribution >= 0.6 is 23.1 Å². The van der Waals surface area contributed by atoms with Crippen molar-refractivity contribution in [2.75, 3.05) is 12.9 Å². The Labute approximate surface area is 176 Å². The highest BCUT2D eigenvalue weighted by atomic mass is 32.2. The minimum Gasteiger partial charge on any atom is -0.497 e. The fraction of sp³-hybridized carbons (Fsp3) is 0.190. The number of ether oxygens (including phenoxy) is 1. The molecular weight excluding hydrogens is 411 g/mol. The molecule has 0 saturated heterocycles. The zero-order valence-electron chi connectivity index (χ0n) is 15.7. The van der Waals surface area contributed by atoms with E-state index in [2.05, 4.69) is 10.3 Å². The highest BCUT2D eigenvalue weighted by molar-refractivity contribution is 8.01. The van der Waals surface area contributed by atoms with E-state index < -0.39 is 0 Å². The van der Waals surface area contributed by atoms with Gasteiger partial charge in [0.05, 0.1) is 25.0 Å². The maximum Gasteiger partial charge on any atom is 0.226 e. The number of carbonyl (C=O) groups is 2. The molecule has 5 nitrogen and oxygen atoms in total. The fourth-order valence-electron chi connectivity index (χ4n) is 2.45. The lowest BCUT2D eigenvalue weighted by molar-refractivity contribution is -0.120. The summed E-state index contributed by atoms with van der Waals surface area (Å²) >= 11 is 2.76. The van der Waals surface area contributed by atoms with Crippen molar-refractivity contribution in [2.45, 2.75) is 17.3 Å². The summed E-state index contributed by atoms with van der Waals surface area (Å²) in [5.41, 5.74) is 2.10. The van der Waals surface area contributed by atoms with Crippen LogP contribution in [0.1, 0.15) is 21.6 Å². The van der Waals surface area contributed by atoms with Gasteiger partial charge in [-0.2, -0.15) is 0 Å². The number of nitrogens with one attached hydrogen (secondary N) is 1. The molecule has 2 aromatic carbocycles. The first-order valence-corrected chi connectivity index (χ1v) is 10.7. The molecule has 0 saturated carbocycles. The average molecular weight is 431 g/mol. The second-order valence-corrected chi connectivity index (χ2v) is 8.21. The molecule has 3 aromatic rings. The molecular formula is C21H19FN2O3S2. The minimum absolute atomic E-state index is 0.00597. The molecule has 0 aliphatic rings. The summed E-state index contributed by atoms with van der Waals surface area (Å²) in [6.07, 6.45) is 0.157. The van der Waals surface area contributed by atoms with Crippen LogP contribution in [0.3, 0.4) is 0 Å². The predicted molar refractivity (Wildman–Crippen MR) is 112 cm³/mol. The second-order valence-electron chi connectivity index (χ2n) is 6.13. The number of methoxy groups -OCH3 is 1. The fourth-order valence-corrected chi connectivity index (χ4v) is 4.19. The number of amides is 1. The van der Waals surface area contributed by atoms with Gasteiger partial charge in [0.2, 0.25) is 5.91 Å². The van der Waals surface area contributed by atoms with Gasteiger partial charge in [0.25, 0.3) is 0 Å². The third-order valence-electron chi connectivity index (χ3n) is 4.01. The molecule has 1 amide bonds. The number of hydrogen-bond acceptors (Lipinski definition) is 6. The number of thiazole rings is 1. The van der Waals surface area contributed by atoms with Crippen LogP contribution in [0, 0.1) is 5.82 Å². The molecule has 0 spiro atoms. The van der Waals surface area contributed by atoms with Crippen LogP contribution in [0.5, 0.6) is 5.75 Å². The molecule has 0 unspecified atom stereocenters. The summed E-state index contributed by atoms with van der Waals surface area (Å²) in [7, 11) is 1.58. The maximum absolute atomic E-state index is 12.9. The van der Waals surface area contributed by atoms with E-state index in [0.717, 1.165) is 9.90 Å². The Morgan fingerprint density at radius 2 is 1.86 bits per heavy atom. The first-order chi connectivity index (χ1) is 14.0. The molecule has 3 rings (SSSR count). The average Bonchev–Trinajstić information content (AvgIpc) is 3.19. The highest BCUT2D eigenvalue weighted by Crippen LogP contribution is 2.24. The monoisotopic (exact) mass is 430 g/mol. The number of Topliss-reactive ketones (excluding diaryl/α,β-unsaturated/α-hetero) is 1. The van der Waals surface area contributed by atoms with Crippen molar-refractivity contribution >= 4 is 34.8 Å². The van der Waals surface area contributed by atoms with Crippen molar-refractivity contribution < 1.29 is 18.7 Å². The summed E-state index contributed by atoms with van der Waals surface area (Å²) in [6, 6.07) is 13.0. The summed E-state index contributed by atoms with van der Waals surface area (Å²) in [5.74, 6) is 0.516. The lowest BCUT2D eigenvalue weighted by Crippen LogP contribution is -2.24. The number of aromatic nitrogens is 1. The van der Waals surface area contributed by atoms with Crippen molar-refractivity contribution in [1.82, 2.24) is 10.3 Å². The van der Waals surface area contributed by atoms with E-state index in [1.165, 1.54) is 35.2 Å². The number of nitrogens with zero attached hydrogens (tertiary/aromatic N) is 1. The van der Waals surface area contributed by atoms with Crippen molar-refractivity contribution in [1.29, 1.82) is 0 Å². The van der Waals surface area contributed by atoms with Gasteiger partial charge < -0.3 is 10.1 Å². The van der Waals surface area contributed by atoms with Gasteiger partial charge in [-0.1, -0.05) is 23.9 Å². The third-order valence-corrected chi connectivity index (χ3v) is 6.08. The zero-order valence-corrected chi connectivity index (χ0v) is 17.3. The van der Waals surface area contributed by atoms with Gasteiger partial charge in [0.15, 0.2) is 10.1 Å². The van der Waals surface area contributed by atoms with Gasteiger partial charge in [0.1, 0.15) is 11.6 Å². The first-order valence-electron chi connectivity index (χ1n) is 8.79. The molecule has 1 N–H and O–H groups in total. The second kappa shape index (κ2) is 10.2. The summed E-state index contributed by atoms with van der Waals surface area (Å²) in [6.45, 7) is 0.335. The first kappa shape index (κ1) is 21.0. The molecule has 0 radical (unpaired) electrons. The van der Waals surface area contributed by atoms with E-state index in [4.69, 9.17) is 4.74 Å². The standard InChI is InChI=1S/C21H19FN2O3S2/c1-27-18-8-4-15(5-9-18)19(25)13-29-21-24-17(12-28-21)10-20(26)23-11-14-2-6-16(22)7-3-14/h2-9,12H,10-11,13H2,1H3,(H,23,26). The van der Waals surface area contributed by atoms with Crippen LogP contribution in [-0.2, 0) is 17.8 Å². The van der Waals surface area contributed by atoms with Crippen molar-refractivity contribution in [3.8, 4) is 5.75 Å². The Balaban J connectivity index is 1.45. The number of thioether (sulfide) groups is 1. The summed E-state index contributed by atoms with van der Waals surface area (Å²) < 4.78 is 18.7. The molecule has 0 aliphatic heterocycles. The molecule has 29 heavy (non-hydrogen) atoms. The molecule has 0 atom stereocenters. The van der Waals surface area contributed by atoms with Gasteiger partial charge in [-0.3, -0.25) is 9.59 Å². The number of ketones is 1. The van der Waals surface area contributed by atoms with Crippen LogP contribution in [-0.4, -0.2) is 29.5 Å². The summed E-state index contributed by atoms with van der Waals surface area (Å²) in [4.78, 5) is 28.8. The van der Waals surface area contributed by atoms with Crippen LogP contribution in [0.25, 0.3) is 0 Å². The number of rotatable bonds is 9. The Morgan fingerprint density at radius 1 is 1.14 bits per heavy atom. The molecule has 0 aliphatic carbocycles. The van der Waals surface area contributed by atoms with Gasteiger partial charge in [-0.15, -0.1) is 11.3 Å². The van der Waals surface area contributed by atoms with Crippen molar-refractivity contribution in [3.63, 3.8) is 0 Å². The number of hydrogen-bond donors (Lipinski definition) is 1. The zero-order chi connectivity index (χ0) is 20.6. The molecule has 1 aromatic heterocycles. The lowest BCUT2D eigenvalue weighted by atomic mass is 10.1. The minimum atomic E-state index is -0.307. The van der Waals surface area contributed by atoms with Gasteiger partial charge >= 0.3 is 0 Å². The number of benzene rings is 2. The van der Waals surface area contributed by atoms with Gasteiger partial charge in [-0.05, 0) is 42.0 Å². The predicted octanol–water partition coefficient (Wildman–Crippen LogP) is 4.12. The topological polar surface area (TPSA) is 68.3 Å². The van der Waals surface area contributed by atoms with Crippen molar-refractivity contribution in [2.24, 2.45) is 0 Å². The van der Waals surface area contributed by atoms with Crippen LogP contribution in [0.2, 0.25) is 0 Å². The Hall–Kier alpha value is -2.71. The van der Waals surface area contributed by atoms with Crippen LogP contribution in [0.15, 0.2) is 58.3 Å². The van der Waals surface area contributed by atoms with E-state index in [0.29, 0.717) is 23.6 Å². The summed E-state index contributed by atoms with van der Waals surface area (Å²) in [5, 5.41) is 4.61. The van der Waals surface area contributed by atoms with Crippen molar-refractivity contribution in [3.05, 3.63) is 76.5 Å². The maximum atomic E-state index is 12.9. The quantitative estimate of drug-likeness (QED) is 0.408. The van der Waals surface area contributed by atoms with Crippen LogP contribution < -0.4 is 10.1 Å². The Kier molecular flexibility index (Phi) is 7.37. The van der Waals surface area contributed by atoms with Crippen LogP contribution in [0.4, 0.5) is 4.39 Å². The number of halogens is 1. The molecule has 0 bridgehead atoms. The molecule has 8 heteroatoms. The van der Waals surface area contributed by atoms with E-state index >= 15 is 0 Å². The van der Waals surface area contributed by atoms with E-state index in [9.17, 15) is 14.0 Å². The molecule has 0 fully saturated rings. The third kappa shape index (κ3) is 6.40. The SMILES string of the molecule is COc1ccc(C(=O)CSc2nc(CC(=O)NCc3ccc(F)cc3)cs2)cc1.